The number of esters is 1. The van der Waals surface area contributed by atoms with Gasteiger partial charge in [0.2, 0.25) is 5.88 Å². The second-order valence-electron chi connectivity index (χ2n) is 6.16. The topological polar surface area (TPSA) is 44.1 Å². The third-order valence-corrected chi connectivity index (χ3v) is 4.46. The lowest BCUT2D eigenvalue weighted by Crippen LogP contribution is -2.13. The summed E-state index contributed by atoms with van der Waals surface area (Å²) in [5.41, 5.74) is 5.54. The Morgan fingerprint density at radius 2 is 1.76 bits per heavy atom. The molecular weight excluding hydrogens is 312 g/mol. The highest BCUT2D eigenvalue weighted by Gasteiger charge is 2.18. The molecule has 0 spiro atoms. The molecule has 25 heavy (non-hydrogen) atoms. The quantitative estimate of drug-likeness (QED) is 0.656. The number of hydrogen-bond donors (Lipinski definition) is 0. The first-order valence-corrected chi connectivity index (χ1v) is 8.44. The molecule has 1 aromatic heterocycles. The Balaban J connectivity index is 2.02. The predicted molar refractivity (Wildman–Crippen MR) is 98.6 cm³/mol. The molecule has 0 bridgehead atoms. The van der Waals surface area contributed by atoms with Crippen LogP contribution < -0.4 is 4.74 Å². The van der Waals surface area contributed by atoms with Crippen molar-refractivity contribution >= 4 is 5.97 Å². The fourth-order valence-electron chi connectivity index (χ4n) is 2.75. The van der Waals surface area contributed by atoms with Crippen molar-refractivity contribution in [3.63, 3.8) is 0 Å². The van der Waals surface area contributed by atoms with Crippen LogP contribution in [0, 0.1) is 20.8 Å². The highest BCUT2D eigenvalue weighted by atomic mass is 16.5. The van der Waals surface area contributed by atoms with Crippen LogP contribution in [0.5, 0.6) is 5.88 Å². The largest absolute Gasteiger partial charge is 0.404 e. The van der Waals surface area contributed by atoms with Gasteiger partial charge in [-0.15, -0.1) is 0 Å². The smallest absolute Gasteiger partial charge is 0.345 e. The van der Waals surface area contributed by atoms with Gasteiger partial charge < -0.3 is 4.74 Å². The van der Waals surface area contributed by atoms with E-state index in [0.29, 0.717) is 11.4 Å². The van der Waals surface area contributed by atoms with E-state index in [1.54, 1.807) is 10.7 Å². The molecular formula is C21H22N2O2. The SMILES string of the molecule is CCc1cc(OC(=O)c2ccccc2C)n(-c2cccc(C)c2C)n1. The van der Waals surface area contributed by atoms with E-state index < -0.39 is 0 Å². The van der Waals surface area contributed by atoms with Gasteiger partial charge in [-0.25, -0.2) is 9.48 Å². The van der Waals surface area contributed by atoms with Crippen molar-refractivity contribution in [2.45, 2.75) is 34.1 Å². The van der Waals surface area contributed by atoms with Crippen LogP contribution in [0.3, 0.4) is 0 Å². The highest BCUT2D eigenvalue weighted by Crippen LogP contribution is 2.25. The number of aromatic nitrogens is 2. The normalized spacial score (nSPS) is 10.7. The van der Waals surface area contributed by atoms with Crippen LogP contribution in [0.2, 0.25) is 0 Å². The molecule has 0 fully saturated rings. The molecule has 0 radical (unpaired) electrons. The first-order valence-electron chi connectivity index (χ1n) is 8.44. The summed E-state index contributed by atoms with van der Waals surface area (Å²) < 4.78 is 7.43. The molecule has 3 aromatic rings. The van der Waals surface area contributed by atoms with Gasteiger partial charge in [-0.05, 0) is 56.0 Å². The average Bonchev–Trinajstić information content (AvgIpc) is 3.00. The number of carbonyl (C=O) groups is 1. The number of aryl methyl sites for hydroxylation is 3. The van der Waals surface area contributed by atoms with Crippen molar-refractivity contribution in [1.29, 1.82) is 0 Å². The zero-order chi connectivity index (χ0) is 18.0. The van der Waals surface area contributed by atoms with Crippen molar-refractivity contribution in [2.24, 2.45) is 0 Å². The third-order valence-electron chi connectivity index (χ3n) is 4.46. The molecule has 0 saturated carbocycles. The Morgan fingerprint density at radius 3 is 2.48 bits per heavy atom. The molecule has 0 amide bonds. The summed E-state index contributed by atoms with van der Waals surface area (Å²) in [4.78, 5) is 12.6. The number of carbonyl (C=O) groups excluding carboxylic acids is 1. The molecule has 128 valence electrons. The van der Waals surface area contributed by atoms with Gasteiger partial charge in [0.1, 0.15) is 0 Å². The van der Waals surface area contributed by atoms with Crippen LogP contribution >= 0.6 is 0 Å². The molecule has 0 saturated heterocycles. The van der Waals surface area contributed by atoms with Gasteiger partial charge in [0.15, 0.2) is 0 Å². The van der Waals surface area contributed by atoms with E-state index in [2.05, 4.69) is 18.1 Å². The Kier molecular flexibility index (Phi) is 4.70. The minimum Gasteiger partial charge on any atom is -0.404 e. The fourth-order valence-corrected chi connectivity index (χ4v) is 2.75. The summed E-state index contributed by atoms with van der Waals surface area (Å²) in [5, 5.41) is 4.61. The maximum atomic E-state index is 12.6. The summed E-state index contributed by atoms with van der Waals surface area (Å²) in [6.45, 7) is 8.03. The van der Waals surface area contributed by atoms with Gasteiger partial charge in [-0.3, -0.25) is 0 Å². The molecule has 0 aliphatic carbocycles. The molecule has 0 aliphatic heterocycles. The van der Waals surface area contributed by atoms with Gasteiger partial charge in [0, 0.05) is 6.07 Å². The summed E-state index contributed by atoms with van der Waals surface area (Å²) in [5.74, 6) is 0.0750. The zero-order valence-corrected chi connectivity index (χ0v) is 15.0. The number of rotatable bonds is 4. The predicted octanol–water partition coefficient (Wildman–Crippen LogP) is 4.58. The van der Waals surface area contributed by atoms with Gasteiger partial charge in [0.25, 0.3) is 0 Å². The van der Waals surface area contributed by atoms with E-state index in [4.69, 9.17) is 4.74 Å². The Morgan fingerprint density at radius 1 is 1.04 bits per heavy atom. The molecule has 0 aliphatic rings. The first kappa shape index (κ1) is 17.0. The van der Waals surface area contributed by atoms with Crippen LogP contribution in [0.1, 0.15) is 39.7 Å². The molecule has 1 heterocycles. The van der Waals surface area contributed by atoms with Crippen LogP contribution in [-0.2, 0) is 6.42 Å². The van der Waals surface area contributed by atoms with E-state index in [1.807, 2.05) is 57.2 Å². The van der Waals surface area contributed by atoms with Crippen molar-refractivity contribution in [2.75, 3.05) is 0 Å². The molecule has 0 N–H and O–H groups in total. The lowest BCUT2D eigenvalue weighted by molar-refractivity contribution is 0.0722. The number of hydrogen-bond acceptors (Lipinski definition) is 3. The Hall–Kier alpha value is -2.88. The van der Waals surface area contributed by atoms with Crippen molar-refractivity contribution in [1.82, 2.24) is 9.78 Å². The third kappa shape index (κ3) is 3.33. The van der Waals surface area contributed by atoms with E-state index >= 15 is 0 Å². The summed E-state index contributed by atoms with van der Waals surface area (Å²) in [6.07, 6.45) is 0.771. The lowest BCUT2D eigenvalue weighted by atomic mass is 10.1. The van der Waals surface area contributed by atoms with Crippen molar-refractivity contribution < 1.29 is 9.53 Å². The van der Waals surface area contributed by atoms with Crippen LogP contribution in [0.4, 0.5) is 0 Å². The highest BCUT2D eigenvalue weighted by molar-refractivity contribution is 5.92. The second kappa shape index (κ2) is 6.93. The molecule has 4 heteroatoms. The minimum atomic E-state index is -0.368. The maximum Gasteiger partial charge on any atom is 0.345 e. The van der Waals surface area contributed by atoms with E-state index in [1.165, 1.54) is 5.56 Å². The van der Waals surface area contributed by atoms with E-state index in [0.717, 1.165) is 28.9 Å². The molecule has 0 atom stereocenters. The molecule has 0 unspecified atom stereocenters. The Bertz CT molecular complexity index is 925. The van der Waals surface area contributed by atoms with Gasteiger partial charge in [-0.1, -0.05) is 37.3 Å². The number of nitrogens with zero attached hydrogens (tertiary/aromatic N) is 2. The van der Waals surface area contributed by atoms with E-state index in [-0.39, 0.29) is 5.97 Å². The zero-order valence-electron chi connectivity index (χ0n) is 15.0. The van der Waals surface area contributed by atoms with Crippen LogP contribution in [-0.4, -0.2) is 15.7 Å². The van der Waals surface area contributed by atoms with Crippen molar-refractivity contribution in [3.05, 3.63) is 76.5 Å². The lowest BCUT2D eigenvalue weighted by Gasteiger charge is -2.12. The summed E-state index contributed by atoms with van der Waals surface area (Å²) >= 11 is 0. The fraction of sp³-hybridized carbons (Fsp3) is 0.238. The minimum absolute atomic E-state index is 0.368. The maximum absolute atomic E-state index is 12.6. The standard InChI is InChI=1S/C21H22N2O2/c1-5-17-13-20(25-21(24)18-11-7-6-9-15(18)3)23(22-17)19-12-8-10-14(2)16(19)4/h6-13H,5H2,1-4H3. The monoisotopic (exact) mass is 334 g/mol. The second-order valence-corrected chi connectivity index (χ2v) is 6.16. The molecule has 3 rings (SSSR count). The summed E-state index contributed by atoms with van der Waals surface area (Å²) in [6, 6.07) is 15.3. The van der Waals surface area contributed by atoms with E-state index in [9.17, 15) is 4.79 Å². The number of benzene rings is 2. The van der Waals surface area contributed by atoms with Gasteiger partial charge in [0.05, 0.1) is 16.9 Å². The van der Waals surface area contributed by atoms with Crippen molar-refractivity contribution in [3.8, 4) is 11.6 Å². The Labute approximate surface area is 148 Å². The molecule has 2 aromatic carbocycles. The average molecular weight is 334 g/mol. The summed E-state index contributed by atoms with van der Waals surface area (Å²) in [7, 11) is 0. The van der Waals surface area contributed by atoms with Crippen LogP contribution in [0.25, 0.3) is 5.69 Å². The number of ether oxygens (including phenoxy) is 1. The molecule has 4 nitrogen and oxygen atoms in total. The van der Waals surface area contributed by atoms with Crippen LogP contribution in [0.15, 0.2) is 48.5 Å². The van der Waals surface area contributed by atoms with Gasteiger partial charge >= 0.3 is 5.97 Å². The first-order chi connectivity index (χ1) is 12.0. The van der Waals surface area contributed by atoms with Gasteiger partial charge in [-0.2, -0.15) is 5.10 Å².